The summed E-state index contributed by atoms with van der Waals surface area (Å²) in [6, 6.07) is 1.56. The van der Waals surface area contributed by atoms with E-state index in [1.54, 1.807) is 0 Å². The molecule has 0 amide bonds. The van der Waals surface area contributed by atoms with E-state index in [1.807, 2.05) is 0 Å². The van der Waals surface area contributed by atoms with Crippen LogP contribution in [0, 0.1) is 5.82 Å². The second-order valence-electron chi connectivity index (χ2n) is 5.30. The molecule has 2 N–H and O–H groups in total. The van der Waals surface area contributed by atoms with Gasteiger partial charge in [0.1, 0.15) is 5.82 Å². The monoisotopic (exact) mass is 420 g/mol. The second-order valence-corrected chi connectivity index (χ2v) is 6.29. The maximum Gasteiger partial charge on any atom is 0.433 e. The van der Waals surface area contributed by atoms with Gasteiger partial charge in [-0.1, -0.05) is 11.3 Å². The van der Waals surface area contributed by atoms with E-state index in [9.17, 15) is 36.7 Å². The van der Waals surface area contributed by atoms with Crippen LogP contribution in [0.1, 0.15) is 5.69 Å². The molecule has 0 bridgehead atoms. The van der Waals surface area contributed by atoms with Crippen molar-refractivity contribution >= 4 is 27.6 Å². The lowest BCUT2D eigenvalue weighted by Crippen LogP contribution is -2.45. The molecule has 0 aliphatic carbocycles. The van der Waals surface area contributed by atoms with Crippen LogP contribution in [-0.2, 0) is 10.9 Å². The lowest BCUT2D eigenvalue weighted by molar-refractivity contribution is -0.143. The van der Waals surface area contributed by atoms with Crippen molar-refractivity contribution in [2.24, 2.45) is 0 Å². The first-order valence-corrected chi connectivity index (χ1v) is 7.94. The molecule has 28 heavy (non-hydrogen) atoms. The van der Waals surface area contributed by atoms with Crippen LogP contribution >= 0.6 is 11.3 Å². The minimum absolute atomic E-state index is 0.0199. The number of carbonyl (C=O) groups excluding carboxylic acids is 1. The largest absolute Gasteiger partial charge is 0.452 e. The average molecular weight is 420 g/mol. The summed E-state index contributed by atoms with van der Waals surface area (Å²) in [5.41, 5.74) is -5.94. The number of fused-ring (bicyclic) bond motifs is 1. The number of methoxy groups -OCH3 is 1. The van der Waals surface area contributed by atoms with Crippen LogP contribution < -0.4 is 22.0 Å². The molecule has 2 heterocycles. The van der Waals surface area contributed by atoms with Crippen LogP contribution in [0.4, 0.5) is 22.4 Å². The number of rotatable bonds is 1. The number of halogens is 4. The molecule has 0 saturated heterocycles. The number of nitrogen functional groups attached to an aromatic ring is 1. The van der Waals surface area contributed by atoms with E-state index in [4.69, 9.17) is 5.84 Å². The van der Waals surface area contributed by atoms with E-state index in [0.29, 0.717) is 15.9 Å². The number of carbonyl (C=O) groups is 1. The van der Waals surface area contributed by atoms with Crippen LogP contribution in [0.2, 0.25) is 0 Å². The van der Waals surface area contributed by atoms with Crippen molar-refractivity contribution in [2.45, 2.75) is 6.18 Å². The lowest BCUT2D eigenvalue weighted by atomic mass is 10.2. The van der Waals surface area contributed by atoms with Gasteiger partial charge in [-0.05, 0) is 12.1 Å². The quantitative estimate of drug-likeness (QED) is 0.461. The van der Waals surface area contributed by atoms with Crippen molar-refractivity contribution in [1.29, 1.82) is 0 Å². The molecular weight excluding hydrogens is 412 g/mol. The summed E-state index contributed by atoms with van der Waals surface area (Å²) < 4.78 is 57.7. The molecule has 148 valence electrons. The molecule has 9 nitrogen and oxygen atoms in total. The van der Waals surface area contributed by atoms with Crippen LogP contribution in [0.25, 0.3) is 15.9 Å². The van der Waals surface area contributed by atoms with Crippen molar-refractivity contribution < 1.29 is 27.1 Å². The lowest BCUT2D eigenvalue weighted by Gasteiger charge is -2.14. The van der Waals surface area contributed by atoms with E-state index in [-0.39, 0.29) is 25.5 Å². The highest BCUT2D eigenvalue weighted by atomic mass is 32.1. The number of alkyl halides is 3. The third kappa shape index (κ3) is 2.87. The van der Waals surface area contributed by atoms with Gasteiger partial charge in [0.05, 0.1) is 23.0 Å². The highest BCUT2D eigenvalue weighted by molar-refractivity contribution is 7.16. The van der Waals surface area contributed by atoms with Gasteiger partial charge >= 0.3 is 22.8 Å². The highest BCUT2D eigenvalue weighted by Crippen LogP contribution is 2.27. The van der Waals surface area contributed by atoms with Gasteiger partial charge in [-0.3, -0.25) is 9.59 Å². The molecule has 0 fully saturated rings. The molecule has 3 aromatic rings. The molecule has 0 radical (unpaired) electrons. The third-order valence-electron chi connectivity index (χ3n) is 3.68. The predicted molar refractivity (Wildman–Crippen MR) is 88.9 cm³/mol. The topological polar surface area (TPSA) is 118 Å². The SMILES string of the molecule is COC(=O)n1c(=O)sc2cc(F)c(-n3c(=O)cc(C(F)(F)F)n(N)c3=O)cc21. The maximum absolute atomic E-state index is 14.5. The number of benzene rings is 1. The van der Waals surface area contributed by atoms with Gasteiger partial charge in [0, 0.05) is 6.07 Å². The summed E-state index contributed by atoms with van der Waals surface area (Å²) in [6.07, 6.45) is -6.22. The summed E-state index contributed by atoms with van der Waals surface area (Å²) in [5.74, 6) is 3.91. The molecule has 0 atom stereocenters. The Labute approximate surface area is 154 Å². The fourth-order valence-electron chi connectivity index (χ4n) is 2.46. The number of hydrogen-bond donors (Lipinski definition) is 1. The number of aromatic nitrogens is 3. The second kappa shape index (κ2) is 6.33. The minimum Gasteiger partial charge on any atom is -0.452 e. The summed E-state index contributed by atoms with van der Waals surface area (Å²) in [4.78, 5) is 47.1. The van der Waals surface area contributed by atoms with Crippen LogP contribution in [0.5, 0.6) is 0 Å². The summed E-state index contributed by atoms with van der Waals surface area (Å²) in [6.45, 7) is 0. The number of ether oxygens (including phenoxy) is 1. The summed E-state index contributed by atoms with van der Waals surface area (Å²) in [7, 11) is 0.982. The van der Waals surface area contributed by atoms with Gasteiger partial charge in [0.2, 0.25) is 0 Å². The minimum atomic E-state index is -5.10. The molecule has 0 saturated carbocycles. The number of nitrogens with zero attached hydrogens (tertiary/aromatic N) is 3. The van der Waals surface area contributed by atoms with E-state index in [2.05, 4.69) is 4.74 Å². The first kappa shape index (κ1) is 19.3. The average Bonchev–Trinajstić information content (AvgIpc) is 2.91. The van der Waals surface area contributed by atoms with Gasteiger partial charge in [-0.25, -0.2) is 27.8 Å². The molecule has 0 aliphatic heterocycles. The zero-order valence-corrected chi connectivity index (χ0v) is 14.4. The van der Waals surface area contributed by atoms with Gasteiger partial charge in [0.15, 0.2) is 5.69 Å². The Hall–Kier alpha value is -3.42. The molecule has 0 spiro atoms. The van der Waals surface area contributed by atoms with Gasteiger partial charge in [-0.2, -0.15) is 13.2 Å². The van der Waals surface area contributed by atoms with E-state index >= 15 is 0 Å². The van der Waals surface area contributed by atoms with Crippen molar-refractivity contribution in [3.05, 3.63) is 60.2 Å². The maximum atomic E-state index is 14.5. The first-order chi connectivity index (χ1) is 13.0. The van der Waals surface area contributed by atoms with E-state index in [1.165, 1.54) is 0 Å². The summed E-state index contributed by atoms with van der Waals surface area (Å²) >= 11 is 0.480. The van der Waals surface area contributed by atoms with E-state index < -0.39 is 45.6 Å². The van der Waals surface area contributed by atoms with Crippen molar-refractivity contribution in [3.63, 3.8) is 0 Å². The van der Waals surface area contributed by atoms with Crippen LogP contribution in [0.3, 0.4) is 0 Å². The normalized spacial score (nSPS) is 11.8. The van der Waals surface area contributed by atoms with Gasteiger partial charge < -0.3 is 10.6 Å². The molecule has 0 unspecified atom stereocenters. The molecule has 14 heteroatoms. The fraction of sp³-hybridized carbons (Fsp3) is 0.143. The number of nitrogens with two attached hydrogens (primary N) is 1. The number of thiazole rings is 1. The van der Waals surface area contributed by atoms with Crippen LogP contribution in [-0.4, -0.2) is 27.0 Å². The van der Waals surface area contributed by atoms with E-state index in [0.717, 1.165) is 19.2 Å². The Morgan fingerprint density at radius 3 is 2.39 bits per heavy atom. The zero-order valence-electron chi connectivity index (χ0n) is 13.6. The van der Waals surface area contributed by atoms with Crippen molar-refractivity contribution in [3.8, 4) is 5.69 Å². The Morgan fingerprint density at radius 2 is 1.82 bits per heavy atom. The van der Waals surface area contributed by atoms with Gasteiger partial charge in [0.25, 0.3) is 5.56 Å². The van der Waals surface area contributed by atoms with Crippen molar-refractivity contribution in [2.75, 3.05) is 13.0 Å². The molecule has 2 aromatic heterocycles. The highest BCUT2D eigenvalue weighted by Gasteiger charge is 2.36. The Balaban J connectivity index is 2.40. The first-order valence-electron chi connectivity index (χ1n) is 7.12. The third-order valence-corrected chi connectivity index (χ3v) is 4.58. The molecule has 3 rings (SSSR count). The molecular formula is C14H8F4N4O5S. The standard InChI is InChI=1S/C14H8F4N4O5S/c1-27-12(25)21-7-3-6(5(15)2-8(7)28-13(21)26)20-10(23)4-9(14(16,17)18)22(19)11(20)24/h2-4H,19H2,1H3. The Kier molecular flexibility index (Phi) is 4.37. The van der Waals surface area contributed by atoms with Crippen LogP contribution in [0.15, 0.2) is 32.6 Å². The molecule has 1 aromatic carbocycles. The zero-order chi connectivity index (χ0) is 21.0. The Bertz CT molecular complexity index is 1300. The van der Waals surface area contributed by atoms with Crippen molar-refractivity contribution in [1.82, 2.24) is 13.8 Å². The number of hydrogen-bond acceptors (Lipinski definition) is 7. The summed E-state index contributed by atoms with van der Waals surface area (Å²) in [5, 5.41) is 0. The fourth-order valence-corrected chi connectivity index (χ4v) is 3.33. The predicted octanol–water partition coefficient (Wildman–Crippen LogP) is 0.862. The smallest absolute Gasteiger partial charge is 0.433 e. The van der Waals surface area contributed by atoms with Gasteiger partial charge in [-0.15, -0.1) is 0 Å². The molecule has 0 aliphatic rings. The Morgan fingerprint density at radius 1 is 1.18 bits per heavy atom.